The topological polar surface area (TPSA) is 48.5 Å². The lowest BCUT2D eigenvalue weighted by Gasteiger charge is -2.37. The Morgan fingerprint density at radius 3 is 2.56 bits per heavy atom. The number of rotatable bonds is 4. The van der Waals surface area contributed by atoms with Crippen LogP contribution in [0.5, 0.6) is 0 Å². The Morgan fingerprint density at radius 2 is 1.88 bits per heavy atom. The summed E-state index contributed by atoms with van der Waals surface area (Å²) in [6.45, 7) is 8.46. The maximum Gasteiger partial charge on any atom is 0.252 e. The van der Waals surface area contributed by atoms with Crippen molar-refractivity contribution in [3.8, 4) is 0 Å². The predicted octanol–water partition coefficient (Wildman–Crippen LogP) is 2.66. The van der Waals surface area contributed by atoms with Crippen molar-refractivity contribution in [3.05, 3.63) is 35.9 Å². The number of fused-ring (bicyclic) bond motifs is 1. The van der Waals surface area contributed by atoms with Crippen LogP contribution < -0.4 is 10.2 Å². The molecule has 5 heteroatoms. The van der Waals surface area contributed by atoms with Crippen LogP contribution in [0.2, 0.25) is 0 Å². The van der Waals surface area contributed by atoms with E-state index in [0.717, 1.165) is 61.3 Å². The number of piperazine rings is 1. The maximum atomic E-state index is 12.7. The molecule has 1 saturated carbocycles. The zero-order valence-corrected chi connectivity index (χ0v) is 15.0. The summed E-state index contributed by atoms with van der Waals surface area (Å²) in [5.74, 6) is 0.950. The molecule has 2 aliphatic rings. The quantitative estimate of drug-likeness (QED) is 0.931. The molecule has 1 amide bonds. The Hall–Kier alpha value is -2.14. The van der Waals surface area contributed by atoms with Crippen LogP contribution in [0.1, 0.15) is 37.0 Å². The molecule has 5 nitrogen and oxygen atoms in total. The minimum atomic E-state index is 0.0307. The highest BCUT2D eigenvalue weighted by atomic mass is 16.1. The molecule has 1 N–H and O–H groups in total. The number of amides is 1. The number of nitrogens with one attached hydrogen (secondary N) is 1. The van der Waals surface area contributed by atoms with Crippen LogP contribution in [0.15, 0.2) is 30.3 Å². The second-order valence-electron chi connectivity index (χ2n) is 7.41. The van der Waals surface area contributed by atoms with E-state index < -0.39 is 0 Å². The van der Waals surface area contributed by atoms with Gasteiger partial charge in [-0.25, -0.2) is 4.98 Å². The summed E-state index contributed by atoms with van der Waals surface area (Å²) in [5, 5.41) is 4.06. The van der Waals surface area contributed by atoms with Gasteiger partial charge in [0.2, 0.25) is 0 Å². The van der Waals surface area contributed by atoms with E-state index in [1.54, 1.807) is 0 Å². The van der Waals surface area contributed by atoms with Crippen molar-refractivity contribution < 1.29 is 4.79 Å². The van der Waals surface area contributed by atoms with Crippen LogP contribution >= 0.6 is 0 Å². The van der Waals surface area contributed by atoms with Gasteiger partial charge in [0.1, 0.15) is 5.82 Å². The molecular formula is C20H26N4O. The molecule has 0 atom stereocenters. The summed E-state index contributed by atoms with van der Waals surface area (Å²) < 4.78 is 0. The van der Waals surface area contributed by atoms with Gasteiger partial charge in [0.15, 0.2) is 0 Å². The zero-order chi connectivity index (χ0) is 17.4. The van der Waals surface area contributed by atoms with Crippen molar-refractivity contribution in [2.24, 2.45) is 0 Å². The third-order valence-electron chi connectivity index (χ3n) is 5.23. The largest absolute Gasteiger partial charge is 0.354 e. The Bertz CT molecular complexity index is 776. The lowest BCUT2D eigenvalue weighted by molar-refractivity contribution is 0.0952. The summed E-state index contributed by atoms with van der Waals surface area (Å²) >= 11 is 0. The molecule has 2 aromatic rings. The third kappa shape index (κ3) is 3.47. The minimum Gasteiger partial charge on any atom is -0.354 e. The number of carbonyl (C=O) groups excluding carboxylic acids is 1. The second kappa shape index (κ2) is 6.64. The standard InChI is InChI=1S/C20H26N4O/c1-14(2)23-9-11-24(12-10-23)19-13-17(20(25)21-15-7-8-15)16-5-3-4-6-18(16)22-19/h3-6,13-15H,7-12H2,1-2H3,(H,21,25). The lowest BCUT2D eigenvalue weighted by atomic mass is 10.1. The van der Waals surface area contributed by atoms with Crippen molar-refractivity contribution in [1.82, 2.24) is 15.2 Å². The zero-order valence-electron chi connectivity index (χ0n) is 15.0. The summed E-state index contributed by atoms with van der Waals surface area (Å²) in [6, 6.07) is 10.9. The fourth-order valence-corrected chi connectivity index (χ4v) is 3.47. The van der Waals surface area contributed by atoms with Gasteiger partial charge in [-0.05, 0) is 38.8 Å². The molecule has 1 aromatic carbocycles. The van der Waals surface area contributed by atoms with E-state index in [2.05, 4.69) is 29.0 Å². The molecule has 0 unspecified atom stereocenters. The van der Waals surface area contributed by atoms with Gasteiger partial charge in [0, 0.05) is 43.6 Å². The van der Waals surface area contributed by atoms with E-state index in [-0.39, 0.29) is 5.91 Å². The van der Waals surface area contributed by atoms with Crippen LogP contribution in [0.25, 0.3) is 10.9 Å². The molecule has 1 saturated heterocycles. The van der Waals surface area contributed by atoms with E-state index in [9.17, 15) is 4.79 Å². The molecule has 0 radical (unpaired) electrons. The summed E-state index contributed by atoms with van der Waals surface area (Å²) in [7, 11) is 0. The Balaban J connectivity index is 1.64. The van der Waals surface area contributed by atoms with Crippen molar-refractivity contribution in [2.75, 3.05) is 31.1 Å². The molecule has 1 aliphatic heterocycles. The fourth-order valence-electron chi connectivity index (χ4n) is 3.47. The van der Waals surface area contributed by atoms with Gasteiger partial charge in [-0.1, -0.05) is 18.2 Å². The molecule has 2 fully saturated rings. The first-order valence-electron chi connectivity index (χ1n) is 9.31. The van der Waals surface area contributed by atoms with Crippen molar-refractivity contribution in [3.63, 3.8) is 0 Å². The van der Waals surface area contributed by atoms with E-state index in [1.165, 1.54) is 0 Å². The van der Waals surface area contributed by atoms with Gasteiger partial charge >= 0.3 is 0 Å². The average molecular weight is 338 g/mol. The van der Waals surface area contributed by atoms with Crippen LogP contribution in [0, 0.1) is 0 Å². The smallest absolute Gasteiger partial charge is 0.252 e. The predicted molar refractivity (Wildman–Crippen MR) is 101 cm³/mol. The number of anilines is 1. The van der Waals surface area contributed by atoms with Crippen molar-refractivity contribution in [2.45, 2.75) is 38.8 Å². The first kappa shape index (κ1) is 16.3. The van der Waals surface area contributed by atoms with E-state index in [1.807, 2.05) is 30.3 Å². The van der Waals surface area contributed by atoms with Crippen LogP contribution in [0.3, 0.4) is 0 Å². The highest BCUT2D eigenvalue weighted by molar-refractivity contribution is 6.07. The molecule has 0 bridgehead atoms. The molecule has 25 heavy (non-hydrogen) atoms. The van der Waals surface area contributed by atoms with Gasteiger partial charge in [-0.15, -0.1) is 0 Å². The highest BCUT2D eigenvalue weighted by Crippen LogP contribution is 2.26. The highest BCUT2D eigenvalue weighted by Gasteiger charge is 2.26. The fraction of sp³-hybridized carbons (Fsp3) is 0.500. The third-order valence-corrected chi connectivity index (χ3v) is 5.23. The average Bonchev–Trinajstić information content (AvgIpc) is 3.44. The summed E-state index contributed by atoms with van der Waals surface area (Å²) in [6.07, 6.45) is 2.19. The van der Waals surface area contributed by atoms with Gasteiger partial charge in [0.25, 0.3) is 5.91 Å². The van der Waals surface area contributed by atoms with Crippen molar-refractivity contribution in [1.29, 1.82) is 0 Å². The minimum absolute atomic E-state index is 0.0307. The van der Waals surface area contributed by atoms with Gasteiger partial charge < -0.3 is 10.2 Å². The molecule has 1 aliphatic carbocycles. The number of hydrogen-bond acceptors (Lipinski definition) is 4. The summed E-state index contributed by atoms with van der Waals surface area (Å²) in [4.78, 5) is 22.3. The van der Waals surface area contributed by atoms with Gasteiger partial charge in [0.05, 0.1) is 11.1 Å². The van der Waals surface area contributed by atoms with Crippen LogP contribution in [0.4, 0.5) is 5.82 Å². The van der Waals surface area contributed by atoms with Crippen molar-refractivity contribution >= 4 is 22.6 Å². The van der Waals surface area contributed by atoms with E-state index in [0.29, 0.717) is 12.1 Å². The Labute approximate surface area is 149 Å². The first-order valence-corrected chi connectivity index (χ1v) is 9.31. The normalized spacial score (nSPS) is 18.8. The van der Waals surface area contributed by atoms with Crippen LogP contribution in [-0.2, 0) is 0 Å². The number of hydrogen-bond donors (Lipinski definition) is 1. The number of pyridine rings is 1. The summed E-state index contributed by atoms with van der Waals surface area (Å²) in [5.41, 5.74) is 1.64. The van der Waals surface area contributed by atoms with E-state index >= 15 is 0 Å². The Morgan fingerprint density at radius 1 is 1.16 bits per heavy atom. The molecule has 2 heterocycles. The van der Waals surface area contributed by atoms with Crippen LogP contribution in [-0.4, -0.2) is 54.1 Å². The number of aromatic nitrogens is 1. The molecule has 1 aromatic heterocycles. The molecule has 0 spiro atoms. The molecular weight excluding hydrogens is 312 g/mol. The number of carbonyl (C=O) groups is 1. The monoisotopic (exact) mass is 338 g/mol. The number of para-hydroxylation sites is 1. The number of benzene rings is 1. The van der Waals surface area contributed by atoms with E-state index in [4.69, 9.17) is 4.98 Å². The SMILES string of the molecule is CC(C)N1CCN(c2cc(C(=O)NC3CC3)c3ccccc3n2)CC1. The molecule has 132 valence electrons. The lowest BCUT2D eigenvalue weighted by Crippen LogP contribution is -2.49. The first-order chi connectivity index (χ1) is 12.1. The number of nitrogens with zero attached hydrogens (tertiary/aromatic N) is 3. The second-order valence-corrected chi connectivity index (χ2v) is 7.41. The van der Waals surface area contributed by atoms with Gasteiger partial charge in [-0.3, -0.25) is 9.69 Å². The Kier molecular flexibility index (Phi) is 4.34. The van der Waals surface area contributed by atoms with Gasteiger partial charge in [-0.2, -0.15) is 0 Å². The molecule has 4 rings (SSSR count). The maximum absolute atomic E-state index is 12.7.